The van der Waals surface area contributed by atoms with Crippen LogP contribution in [0.4, 0.5) is 0 Å². The first kappa shape index (κ1) is 10.5. The predicted molar refractivity (Wildman–Crippen MR) is 68.9 cm³/mol. The molecule has 1 fully saturated rings. The first-order valence-corrected chi connectivity index (χ1v) is 6.37. The molecular weight excluding hydrogens is 202 g/mol. The van der Waals surface area contributed by atoms with Crippen LogP contribution in [0.1, 0.15) is 5.56 Å². The van der Waals surface area contributed by atoms with Gasteiger partial charge in [-0.25, -0.2) is 0 Å². The van der Waals surface area contributed by atoms with Gasteiger partial charge in [-0.3, -0.25) is 0 Å². The quantitative estimate of drug-likeness (QED) is 0.817. The van der Waals surface area contributed by atoms with Gasteiger partial charge in [0.2, 0.25) is 0 Å². The third kappa shape index (κ3) is 2.74. The van der Waals surface area contributed by atoms with Crippen molar-refractivity contribution in [3.05, 3.63) is 52.4 Å². The Hall–Kier alpha value is -0.990. The van der Waals surface area contributed by atoms with Crippen molar-refractivity contribution in [2.45, 2.75) is 0 Å². The van der Waals surface area contributed by atoms with Crippen LogP contribution >= 0.6 is 11.8 Å². The largest absolute Gasteiger partial charge is 0.309 e. The molecule has 78 valence electrons. The Morgan fingerprint density at radius 3 is 2.60 bits per heavy atom. The summed E-state index contributed by atoms with van der Waals surface area (Å²) in [5.74, 6) is 0. The second-order valence-corrected chi connectivity index (χ2v) is 4.27. The Bertz CT molecular complexity index is 379. The second kappa shape index (κ2) is 5.19. The maximum absolute atomic E-state index is 3.38. The molecule has 1 aromatic rings. The van der Waals surface area contributed by atoms with Crippen LogP contribution < -0.4 is 5.32 Å². The summed E-state index contributed by atoms with van der Waals surface area (Å²) < 4.78 is 0. The zero-order valence-electron chi connectivity index (χ0n) is 8.86. The molecule has 0 saturated carbocycles. The Kier molecular flexibility index (Phi) is 3.64. The monoisotopic (exact) mass is 217 g/mol. The van der Waals surface area contributed by atoms with Crippen molar-refractivity contribution in [3.8, 4) is 0 Å². The number of nitrogens with one attached hydrogen (secondary N) is 1. The van der Waals surface area contributed by atoms with Crippen LogP contribution in [0.15, 0.2) is 46.9 Å². The van der Waals surface area contributed by atoms with Gasteiger partial charge in [0, 0.05) is 13.1 Å². The minimum absolute atomic E-state index is 0.987. The van der Waals surface area contributed by atoms with E-state index in [1.165, 1.54) is 16.7 Å². The average molecular weight is 217 g/mol. The molecular formula is C13H15NS. The first-order chi connectivity index (χ1) is 7.40. The van der Waals surface area contributed by atoms with E-state index in [2.05, 4.69) is 47.3 Å². The van der Waals surface area contributed by atoms with Gasteiger partial charge in [-0.2, -0.15) is 0 Å². The number of hydrogen-bond acceptors (Lipinski definition) is 2. The van der Waals surface area contributed by atoms with Gasteiger partial charge in [0.05, 0.1) is 0 Å². The molecule has 0 atom stereocenters. The lowest BCUT2D eigenvalue weighted by molar-refractivity contribution is 0.896. The second-order valence-electron chi connectivity index (χ2n) is 3.56. The van der Waals surface area contributed by atoms with E-state index >= 15 is 0 Å². The van der Waals surface area contributed by atoms with E-state index in [1.807, 2.05) is 6.07 Å². The van der Waals surface area contributed by atoms with Gasteiger partial charge >= 0.3 is 0 Å². The summed E-state index contributed by atoms with van der Waals surface area (Å²) in [7, 11) is 0. The summed E-state index contributed by atoms with van der Waals surface area (Å²) in [6, 6.07) is 10.5. The van der Waals surface area contributed by atoms with Crippen molar-refractivity contribution in [2.24, 2.45) is 0 Å². The van der Waals surface area contributed by atoms with Crippen LogP contribution in [-0.2, 0) is 0 Å². The van der Waals surface area contributed by atoms with Crippen molar-refractivity contribution in [1.29, 1.82) is 0 Å². The van der Waals surface area contributed by atoms with E-state index < -0.39 is 0 Å². The lowest BCUT2D eigenvalue weighted by Crippen LogP contribution is -2.04. The van der Waals surface area contributed by atoms with Crippen molar-refractivity contribution < 1.29 is 0 Å². The van der Waals surface area contributed by atoms with Gasteiger partial charge in [-0.15, -0.1) is 11.8 Å². The summed E-state index contributed by atoms with van der Waals surface area (Å²) in [4.78, 5) is 0. The standard InChI is InChI=1S/C13H15NS/c1-15-10-13-9-14-8-12(13)7-11-5-3-2-4-6-11/h2-7,10,14H,8-9H2,1H3/b12-7-,13-10+. The average Bonchev–Trinajstić information content (AvgIpc) is 2.68. The van der Waals surface area contributed by atoms with Crippen molar-refractivity contribution in [1.82, 2.24) is 5.32 Å². The molecule has 2 rings (SSSR count). The van der Waals surface area contributed by atoms with Crippen molar-refractivity contribution >= 4 is 17.8 Å². The molecule has 15 heavy (non-hydrogen) atoms. The van der Waals surface area contributed by atoms with E-state index in [9.17, 15) is 0 Å². The van der Waals surface area contributed by atoms with E-state index in [0.29, 0.717) is 0 Å². The molecule has 0 aromatic heterocycles. The third-order valence-electron chi connectivity index (χ3n) is 2.44. The lowest BCUT2D eigenvalue weighted by atomic mass is 10.1. The van der Waals surface area contributed by atoms with Gasteiger partial charge in [-0.05, 0) is 28.4 Å². The van der Waals surface area contributed by atoms with E-state index in [-0.39, 0.29) is 0 Å². The summed E-state index contributed by atoms with van der Waals surface area (Å²) >= 11 is 1.77. The summed E-state index contributed by atoms with van der Waals surface area (Å²) in [5.41, 5.74) is 4.12. The predicted octanol–water partition coefficient (Wildman–Crippen LogP) is 2.92. The SMILES string of the molecule is CS/C=C1\CNC\C1=C\c1ccccc1. The third-order valence-corrected chi connectivity index (χ3v) is 2.96. The molecule has 1 aromatic carbocycles. The smallest absolute Gasteiger partial charge is 0.0217 e. The highest BCUT2D eigenvalue weighted by molar-refractivity contribution is 8.01. The molecule has 1 saturated heterocycles. The van der Waals surface area contributed by atoms with Crippen LogP contribution in [0.2, 0.25) is 0 Å². The molecule has 2 heteroatoms. The fourth-order valence-electron chi connectivity index (χ4n) is 1.71. The molecule has 0 spiro atoms. The summed E-state index contributed by atoms with van der Waals surface area (Å²) in [6.45, 7) is 1.99. The maximum Gasteiger partial charge on any atom is 0.0217 e. The highest BCUT2D eigenvalue weighted by Gasteiger charge is 2.11. The Labute approximate surface area is 95.3 Å². The van der Waals surface area contributed by atoms with Crippen LogP contribution in [0.25, 0.3) is 6.08 Å². The molecule has 1 nitrogen and oxygen atoms in total. The summed E-state index contributed by atoms with van der Waals surface area (Å²) in [5, 5.41) is 5.61. The van der Waals surface area contributed by atoms with Crippen LogP contribution in [0.5, 0.6) is 0 Å². The Balaban J connectivity index is 2.23. The molecule has 1 aliphatic rings. The fraction of sp³-hybridized carbons (Fsp3) is 0.231. The minimum atomic E-state index is 0.987. The zero-order valence-corrected chi connectivity index (χ0v) is 9.68. The molecule has 1 heterocycles. The Morgan fingerprint density at radius 1 is 1.13 bits per heavy atom. The molecule has 1 N–H and O–H groups in total. The highest BCUT2D eigenvalue weighted by Crippen LogP contribution is 2.20. The highest BCUT2D eigenvalue weighted by atomic mass is 32.2. The normalized spacial score (nSPS) is 21.4. The number of hydrogen-bond donors (Lipinski definition) is 1. The van der Waals surface area contributed by atoms with Gasteiger partial charge < -0.3 is 5.32 Å². The van der Waals surface area contributed by atoms with E-state index in [0.717, 1.165) is 13.1 Å². The summed E-state index contributed by atoms with van der Waals surface area (Å²) in [6.07, 6.45) is 4.37. The minimum Gasteiger partial charge on any atom is -0.309 e. The first-order valence-electron chi connectivity index (χ1n) is 5.08. The van der Waals surface area contributed by atoms with Gasteiger partial charge in [-0.1, -0.05) is 36.4 Å². The van der Waals surface area contributed by atoms with Crippen LogP contribution in [-0.4, -0.2) is 19.3 Å². The van der Waals surface area contributed by atoms with Crippen LogP contribution in [0.3, 0.4) is 0 Å². The van der Waals surface area contributed by atoms with Gasteiger partial charge in [0.15, 0.2) is 0 Å². The number of thioether (sulfide) groups is 1. The maximum atomic E-state index is 3.38. The number of rotatable bonds is 2. The number of benzene rings is 1. The van der Waals surface area contributed by atoms with Crippen molar-refractivity contribution in [3.63, 3.8) is 0 Å². The lowest BCUT2D eigenvalue weighted by Gasteiger charge is -1.99. The van der Waals surface area contributed by atoms with E-state index in [4.69, 9.17) is 0 Å². The topological polar surface area (TPSA) is 12.0 Å². The van der Waals surface area contributed by atoms with Gasteiger partial charge in [0.25, 0.3) is 0 Å². The Morgan fingerprint density at radius 2 is 1.87 bits per heavy atom. The van der Waals surface area contributed by atoms with E-state index in [1.54, 1.807) is 11.8 Å². The zero-order chi connectivity index (χ0) is 10.5. The molecule has 0 radical (unpaired) electrons. The molecule has 0 bridgehead atoms. The molecule has 0 unspecified atom stereocenters. The van der Waals surface area contributed by atoms with Gasteiger partial charge in [0.1, 0.15) is 0 Å². The molecule has 1 aliphatic heterocycles. The van der Waals surface area contributed by atoms with Crippen molar-refractivity contribution in [2.75, 3.05) is 19.3 Å². The fourth-order valence-corrected chi connectivity index (χ4v) is 2.23. The van der Waals surface area contributed by atoms with Crippen LogP contribution in [0, 0.1) is 0 Å². The molecule has 0 amide bonds. The molecule has 0 aliphatic carbocycles.